The Balaban J connectivity index is 1.48. The van der Waals surface area contributed by atoms with Crippen LogP contribution in [0.4, 0.5) is 10.1 Å². The molecule has 5 nitrogen and oxygen atoms in total. The van der Waals surface area contributed by atoms with Gasteiger partial charge in [0.1, 0.15) is 11.6 Å². The van der Waals surface area contributed by atoms with Gasteiger partial charge >= 0.3 is 0 Å². The summed E-state index contributed by atoms with van der Waals surface area (Å²) >= 11 is 0. The molecule has 0 radical (unpaired) electrons. The van der Waals surface area contributed by atoms with Crippen LogP contribution < -0.4 is 9.64 Å². The van der Waals surface area contributed by atoms with Crippen LogP contribution in [0.15, 0.2) is 48.5 Å². The van der Waals surface area contributed by atoms with Crippen molar-refractivity contribution >= 4 is 17.5 Å². The van der Waals surface area contributed by atoms with Gasteiger partial charge in [-0.25, -0.2) is 4.39 Å². The van der Waals surface area contributed by atoms with Gasteiger partial charge in [0.15, 0.2) is 0 Å². The predicted octanol–water partition coefficient (Wildman–Crippen LogP) is 3.10. The molecule has 0 aromatic heterocycles. The zero-order valence-corrected chi connectivity index (χ0v) is 15.2. The summed E-state index contributed by atoms with van der Waals surface area (Å²) in [5.74, 6) is 0.297. The van der Waals surface area contributed by atoms with Crippen molar-refractivity contribution < 1.29 is 18.7 Å². The summed E-state index contributed by atoms with van der Waals surface area (Å²) in [6.45, 7) is 1.67. The largest absolute Gasteiger partial charge is 0.497 e. The minimum atomic E-state index is -0.357. The molecule has 0 unspecified atom stereocenters. The number of likely N-dealkylation sites (tertiary alicyclic amines) is 1. The highest BCUT2D eigenvalue weighted by Gasteiger charge is 2.48. The third-order valence-electron chi connectivity index (χ3n) is 5.50. The molecular formula is C21H21FN2O3. The standard InChI is InChI=1S/C21H21FN2O3/c1-27-18-7-5-15(6-8-18)20(26)23-10-9-21(13-23)12-19(25)24(14-21)17-4-2-3-16(22)11-17/h2-8,11H,9-10,12-14H2,1H3/t21-/m0/s1. The number of ether oxygens (including phenoxy) is 1. The molecule has 27 heavy (non-hydrogen) atoms. The van der Waals surface area contributed by atoms with Crippen molar-refractivity contribution in [3.8, 4) is 5.75 Å². The maximum Gasteiger partial charge on any atom is 0.253 e. The Hall–Kier alpha value is -2.89. The number of hydrogen-bond donors (Lipinski definition) is 0. The number of methoxy groups -OCH3 is 1. The summed E-state index contributed by atoms with van der Waals surface area (Å²) in [5.41, 5.74) is 0.932. The number of halogens is 1. The van der Waals surface area contributed by atoms with Gasteiger partial charge in [-0.15, -0.1) is 0 Å². The summed E-state index contributed by atoms with van der Waals surface area (Å²) < 4.78 is 18.7. The molecule has 2 saturated heterocycles. The number of carbonyl (C=O) groups excluding carboxylic acids is 2. The zero-order chi connectivity index (χ0) is 19.0. The van der Waals surface area contributed by atoms with E-state index in [4.69, 9.17) is 4.74 Å². The van der Waals surface area contributed by atoms with Crippen LogP contribution in [0.5, 0.6) is 5.75 Å². The average Bonchev–Trinajstić information content (AvgIpc) is 3.24. The van der Waals surface area contributed by atoms with Crippen molar-refractivity contribution in [2.75, 3.05) is 31.6 Å². The molecule has 0 bridgehead atoms. The molecule has 0 saturated carbocycles. The van der Waals surface area contributed by atoms with Gasteiger partial charge in [0.05, 0.1) is 7.11 Å². The molecule has 2 fully saturated rings. The topological polar surface area (TPSA) is 49.9 Å². The molecule has 140 valence electrons. The number of hydrogen-bond acceptors (Lipinski definition) is 3. The number of amides is 2. The highest BCUT2D eigenvalue weighted by molar-refractivity contribution is 5.97. The Morgan fingerprint density at radius 2 is 1.93 bits per heavy atom. The quantitative estimate of drug-likeness (QED) is 0.837. The second kappa shape index (κ2) is 6.68. The van der Waals surface area contributed by atoms with Crippen molar-refractivity contribution in [1.29, 1.82) is 0 Å². The molecule has 2 aromatic carbocycles. The van der Waals surface area contributed by atoms with Crippen molar-refractivity contribution in [3.63, 3.8) is 0 Å². The molecule has 2 amide bonds. The minimum absolute atomic E-state index is 0.0145. The molecule has 0 N–H and O–H groups in total. The van der Waals surface area contributed by atoms with E-state index in [1.54, 1.807) is 48.4 Å². The molecule has 2 heterocycles. The molecule has 4 rings (SSSR count). The van der Waals surface area contributed by atoms with Crippen molar-refractivity contribution in [2.45, 2.75) is 12.8 Å². The first kappa shape index (κ1) is 17.5. The predicted molar refractivity (Wildman–Crippen MR) is 99.3 cm³/mol. The van der Waals surface area contributed by atoms with E-state index in [1.807, 2.05) is 4.90 Å². The molecule has 2 aromatic rings. The monoisotopic (exact) mass is 368 g/mol. The summed E-state index contributed by atoms with van der Waals surface area (Å²) in [7, 11) is 1.59. The maximum absolute atomic E-state index is 13.5. The fraction of sp³-hybridized carbons (Fsp3) is 0.333. The summed E-state index contributed by atoms with van der Waals surface area (Å²) in [6, 6.07) is 13.1. The lowest BCUT2D eigenvalue weighted by Crippen LogP contribution is -2.34. The lowest BCUT2D eigenvalue weighted by atomic mass is 9.86. The van der Waals surface area contributed by atoms with E-state index in [1.165, 1.54) is 12.1 Å². The first-order valence-electron chi connectivity index (χ1n) is 8.99. The van der Waals surface area contributed by atoms with E-state index in [-0.39, 0.29) is 23.0 Å². The van der Waals surface area contributed by atoms with Gasteiger partial charge in [0.25, 0.3) is 5.91 Å². The molecule has 2 aliphatic heterocycles. The van der Waals surface area contributed by atoms with Gasteiger partial charge in [-0.3, -0.25) is 9.59 Å². The fourth-order valence-corrected chi connectivity index (χ4v) is 4.07. The van der Waals surface area contributed by atoms with Crippen LogP contribution in [0.1, 0.15) is 23.2 Å². The third-order valence-corrected chi connectivity index (χ3v) is 5.50. The first-order valence-corrected chi connectivity index (χ1v) is 8.99. The Morgan fingerprint density at radius 3 is 2.63 bits per heavy atom. The Kier molecular flexibility index (Phi) is 4.34. The van der Waals surface area contributed by atoms with E-state index in [9.17, 15) is 14.0 Å². The minimum Gasteiger partial charge on any atom is -0.497 e. The van der Waals surface area contributed by atoms with Crippen molar-refractivity contribution in [1.82, 2.24) is 4.90 Å². The van der Waals surface area contributed by atoms with Crippen LogP contribution in [0.2, 0.25) is 0 Å². The summed E-state index contributed by atoms with van der Waals surface area (Å²) in [4.78, 5) is 28.8. The van der Waals surface area contributed by atoms with Crippen LogP contribution in [0.25, 0.3) is 0 Å². The van der Waals surface area contributed by atoms with Gasteiger partial charge in [-0.2, -0.15) is 0 Å². The van der Waals surface area contributed by atoms with Gasteiger partial charge < -0.3 is 14.5 Å². The Bertz CT molecular complexity index is 883. The number of rotatable bonds is 3. The fourth-order valence-electron chi connectivity index (χ4n) is 4.07. The van der Waals surface area contributed by atoms with Crippen molar-refractivity contribution in [2.24, 2.45) is 5.41 Å². The molecule has 1 spiro atoms. The molecule has 6 heteroatoms. The summed E-state index contributed by atoms with van der Waals surface area (Å²) in [5, 5.41) is 0. The van der Waals surface area contributed by atoms with Gasteiger partial charge in [0.2, 0.25) is 5.91 Å². The van der Waals surface area contributed by atoms with Crippen LogP contribution >= 0.6 is 0 Å². The number of benzene rings is 2. The van der Waals surface area contributed by atoms with Crippen LogP contribution in [-0.4, -0.2) is 43.5 Å². The van der Waals surface area contributed by atoms with Crippen molar-refractivity contribution in [3.05, 3.63) is 59.9 Å². The third kappa shape index (κ3) is 3.27. The number of anilines is 1. The van der Waals surface area contributed by atoms with E-state index >= 15 is 0 Å². The van der Waals surface area contributed by atoms with Gasteiger partial charge in [-0.1, -0.05) is 6.07 Å². The second-order valence-corrected chi connectivity index (χ2v) is 7.34. The lowest BCUT2D eigenvalue weighted by molar-refractivity contribution is -0.117. The molecule has 0 aliphatic carbocycles. The molecular weight excluding hydrogens is 347 g/mol. The number of nitrogens with zero attached hydrogens (tertiary/aromatic N) is 2. The SMILES string of the molecule is COc1ccc(C(=O)N2CC[C@]3(CC(=O)N(c4cccc(F)c4)C3)C2)cc1. The Labute approximate surface area is 157 Å². The smallest absolute Gasteiger partial charge is 0.253 e. The molecule has 1 atom stereocenters. The van der Waals surface area contributed by atoms with Crippen LogP contribution in [0, 0.1) is 11.2 Å². The van der Waals surface area contributed by atoms with E-state index < -0.39 is 0 Å². The van der Waals surface area contributed by atoms with Crippen LogP contribution in [-0.2, 0) is 4.79 Å². The first-order chi connectivity index (χ1) is 13.0. The highest BCUT2D eigenvalue weighted by atomic mass is 19.1. The van der Waals surface area contributed by atoms with E-state index in [0.29, 0.717) is 43.1 Å². The van der Waals surface area contributed by atoms with Gasteiger partial charge in [0, 0.05) is 42.7 Å². The normalized spacial score (nSPS) is 21.9. The maximum atomic E-state index is 13.5. The highest BCUT2D eigenvalue weighted by Crippen LogP contribution is 2.42. The second-order valence-electron chi connectivity index (χ2n) is 7.34. The average molecular weight is 368 g/mol. The summed E-state index contributed by atoms with van der Waals surface area (Å²) in [6.07, 6.45) is 1.16. The number of carbonyl (C=O) groups is 2. The van der Waals surface area contributed by atoms with Crippen LogP contribution in [0.3, 0.4) is 0 Å². The van der Waals surface area contributed by atoms with E-state index in [2.05, 4.69) is 0 Å². The van der Waals surface area contributed by atoms with E-state index in [0.717, 1.165) is 6.42 Å². The van der Waals surface area contributed by atoms with Gasteiger partial charge in [-0.05, 0) is 48.9 Å². The Morgan fingerprint density at radius 1 is 1.15 bits per heavy atom. The lowest BCUT2D eigenvalue weighted by Gasteiger charge is -2.24. The zero-order valence-electron chi connectivity index (χ0n) is 15.2. The molecule has 2 aliphatic rings.